The Kier molecular flexibility index (Phi) is 4.87. The summed E-state index contributed by atoms with van der Waals surface area (Å²) in [7, 11) is 0. The lowest BCUT2D eigenvalue weighted by molar-refractivity contribution is 0.0805. The molecule has 1 aromatic rings. The molecule has 0 aromatic heterocycles. The summed E-state index contributed by atoms with van der Waals surface area (Å²) in [6.07, 6.45) is 3.06. The monoisotopic (exact) mass is 317 g/mol. The molecule has 23 heavy (non-hydrogen) atoms. The van der Waals surface area contributed by atoms with E-state index in [1.807, 2.05) is 6.92 Å². The zero-order valence-corrected chi connectivity index (χ0v) is 13.8. The molecule has 3 N–H and O–H groups in total. The molecule has 1 amide bonds. The van der Waals surface area contributed by atoms with Gasteiger partial charge in [0, 0.05) is 38.3 Å². The maximum absolute atomic E-state index is 11.1. The molecule has 1 aromatic carbocycles. The van der Waals surface area contributed by atoms with Crippen molar-refractivity contribution in [3.05, 3.63) is 35.4 Å². The van der Waals surface area contributed by atoms with Crippen molar-refractivity contribution in [3.63, 3.8) is 0 Å². The number of rotatable bonds is 5. The third-order valence-electron chi connectivity index (χ3n) is 5.13. The van der Waals surface area contributed by atoms with Gasteiger partial charge in [-0.05, 0) is 30.4 Å². The minimum Gasteiger partial charge on any atom is -0.465 e. The standard InChI is InChI=1S/C18H27N3O2/c1-13(19)15-4-6-16(7-5-15)17(12-14-2-3-14)20-8-10-21(11-9-20)18(22)23/h4-7,13-14,17H,2-3,8-12,19H2,1H3,(H,22,23)/t13?,17-/m0/s1. The molecule has 0 radical (unpaired) electrons. The second-order valence-corrected chi connectivity index (χ2v) is 6.96. The summed E-state index contributed by atoms with van der Waals surface area (Å²) < 4.78 is 0. The second kappa shape index (κ2) is 6.89. The van der Waals surface area contributed by atoms with E-state index < -0.39 is 6.09 Å². The fourth-order valence-electron chi connectivity index (χ4n) is 3.41. The number of benzene rings is 1. The Morgan fingerprint density at radius 1 is 1.17 bits per heavy atom. The molecule has 2 atom stereocenters. The first-order chi connectivity index (χ1) is 11.0. The highest BCUT2D eigenvalue weighted by Gasteiger charge is 2.32. The third kappa shape index (κ3) is 4.03. The maximum Gasteiger partial charge on any atom is 0.407 e. The van der Waals surface area contributed by atoms with Crippen LogP contribution in [0.25, 0.3) is 0 Å². The molecule has 3 rings (SSSR count). The predicted octanol–water partition coefficient (Wildman–Crippen LogP) is 2.84. The van der Waals surface area contributed by atoms with Gasteiger partial charge in [0.15, 0.2) is 0 Å². The molecule has 5 nitrogen and oxygen atoms in total. The lowest BCUT2D eigenvalue weighted by atomic mass is 9.96. The summed E-state index contributed by atoms with van der Waals surface area (Å²) >= 11 is 0. The Balaban J connectivity index is 1.71. The molecule has 2 fully saturated rings. The molecule has 1 aliphatic heterocycles. The molecule has 0 spiro atoms. The quantitative estimate of drug-likeness (QED) is 0.876. The minimum absolute atomic E-state index is 0.0602. The Labute approximate surface area is 138 Å². The minimum atomic E-state index is -0.801. The molecule has 1 heterocycles. The summed E-state index contributed by atoms with van der Waals surface area (Å²) in [5.41, 5.74) is 8.45. The van der Waals surface area contributed by atoms with Crippen molar-refractivity contribution < 1.29 is 9.90 Å². The van der Waals surface area contributed by atoms with Crippen molar-refractivity contribution in [2.75, 3.05) is 26.2 Å². The largest absolute Gasteiger partial charge is 0.465 e. The number of nitrogens with zero attached hydrogens (tertiary/aromatic N) is 2. The van der Waals surface area contributed by atoms with Gasteiger partial charge in [0.2, 0.25) is 0 Å². The fourth-order valence-corrected chi connectivity index (χ4v) is 3.41. The Bertz CT molecular complexity index is 532. The van der Waals surface area contributed by atoms with E-state index in [0.717, 1.165) is 24.6 Å². The predicted molar refractivity (Wildman–Crippen MR) is 90.3 cm³/mol. The highest BCUT2D eigenvalue weighted by Crippen LogP contribution is 2.40. The van der Waals surface area contributed by atoms with Crippen LogP contribution >= 0.6 is 0 Å². The van der Waals surface area contributed by atoms with Gasteiger partial charge in [0.1, 0.15) is 0 Å². The number of amides is 1. The van der Waals surface area contributed by atoms with Crippen molar-refractivity contribution in [2.24, 2.45) is 11.7 Å². The number of piperazine rings is 1. The molecule has 2 aliphatic rings. The van der Waals surface area contributed by atoms with Gasteiger partial charge in [-0.25, -0.2) is 4.79 Å². The second-order valence-electron chi connectivity index (χ2n) is 6.96. The van der Waals surface area contributed by atoms with E-state index in [0.29, 0.717) is 19.1 Å². The molecule has 1 saturated carbocycles. The molecule has 1 unspecified atom stereocenters. The first kappa shape index (κ1) is 16.3. The van der Waals surface area contributed by atoms with Crippen LogP contribution < -0.4 is 5.73 Å². The Morgan fingerprint density at radius 3 is 2.22 bits per heavy atom. The van der Waals surface area contributed by atoms with E-state index in [-0.39, 0.29) is 6.04 Å². The van der Waals surface area contributed by atoms with Crippen molar-refractivity contribution >= 4 is 6.09 Å². The van der Waals surface area contributed by atoms with Gasteiger partial charge in [-0.15, -0.1) is 0 Å². The number of nitrogens with two attached hydrogens (primary N) is 1. The van der Waals surface area contributed by atoms with E-state index in [2.05, 4.69) is 29.2 Å². The van der Waals surface area contributed by atoms with Crippen LogP contribution in [0.4, 0.5) is 4.79 Å². The van der Waals surface area contributed by atoms with E-state index in [1.54, 1.807) is 0 Å². The van der Waals surface area contributed by atoms with Gasteiger partial charge in [-0.2, -0.15) is 0 Å². The highest BCUT2D eigenvalue weighted by molar-refractivity contribution is 5.65. The smallest absolute Gasteiger partial charge is 0.407 e. The summed E-state index contributed by atoms with van der Waals surface area (Å²) in [4.78, 5) is 15.1. The van der Waals surface area contributed by atoms with Crippen LogP contribution in [0.2, 0.25) is 0 Å². The summed E-state index contributed by atoms with van der Waals surface area (Å²) in [5, 5.41) is 9.11. The van der Waals surface area contributed by atoms with E-state index in [1.165, 1.54) is 29.7 Å². The lowest BCUT2D eigenvalue weighted by Gasteiger charge is -2.38. The van der Waals surface area contributed by atoms with Crippen LogP contribution in [0.5, 0.6) is 0 Å². The Hall–Kier alpha value is -1.59. The molecule has 126 valence electrons. The number of carboxylic acid groups (broad SMARTS) is 1. The summed E-state index contributed by atoms with van der Waals surface area (Å²) in [6, 6.07) is 9.14. The zero-order valence-electron chi connectivity index (χ0n) is 13.8. The van der Waals surface area contributed by atoms with E-state index in [9.17, 15) is 4.79 Å². The molecule has 1 saturated heterocycles. The van der Waals surface area contributed by atoms with Gasteiger partial charge in [-0.1, -0.05) is 37.1 Å². The van der Waals surface area contributed by atoms with Crippen molar-refractivity contribution in [1.82, 2.24) is 9.80 Å². The maximum atomic E-state index is 11.1. The van der Waals surface area contributed by atoms with Crippen LogP contribution in [0.3, 0.4) is 0 Å². The normalized spacial score (nSPS) is 21.9. The molecule has 1 aliphatic carbocycles. The van der Waals surface area contributed by atoms with Gasteiger partial charge >= 0.3 is 6.09 Å². The van der Waals surface area contributed by atoms with Crippen LogP contribution in [-0.4, -0.2) is 47.2 Å². The van der Waals surface area contributed by atoms with Crippen LogP contribution in [0.1, 0.15) is 49.4 Å². The third-order valence-corrected chi connectivity index (χ3v) is 5.13. The SMILES string of the molecule is CC(N)c1ccc([C@H](CC2CC2)N2CCN(C(=O)O)CC2)cc1. The average molecular weight is 317 g/mol. The number of carbonyl (C=O) groups is 1. The molecular weight excluding hydrogens is 290 g/mol. The van der Waals surface area contributed by atoms with Gasteiger partial charge in [0.05, 0.1) is 0 Å². The average Bonchev–Trinajstić information content (AvgIpc) is 3.37. The lowest BCUT2D eigenvalue weighted by Crippen LogP contribution is -2.49. The van der Waals surface area contributed by atoms with Gasteiger partial charge in [0.25, 0.3) is 0 Å². The first-order valence-corrected chi connectivity index (χ1v) is 8.62. The summed E-state index contributed by atoms with van der Waals surface area (Å²) in [5.74, 6) is 0.839. The zero-order chi connectivity index (χ0) is 16.4. The molecule has 0 bridgehead atoms. The van der Waals surface area contributed by atoms with Gasteiger partial charge < -0.3 is 15.7 Å². The van der Waals surface area contributed by atoms with E-state index >= 15 is 0 Å². The van der Waals surface area contributed by atoms with Crippen LogP contribution in [-0.2, 0) is 0 Å². The molecule has 5 heteroatoms. The van der Waals surface area contributed by atoms with Crippen LogP contribution in [0.15, 0.2) is 24.3 Å². The van der Waals surface area contributed by atoms with Gasteiger partial charge in [-0.3, -0.25) is 4.90 Å². The van der Waals surface area contributed by atoms with Crippen molar-refractivity contribution in [2.45, 2.75) is 38.3 Å². The number of hydrogen-bond acceptors (Lipinski definition) is 3. The van der Waals surface area contributed by atoms with Crippen molar-refractivity contribution in [1.29, 1.82) is 0 Å². The van der Waals surface area contributed by atoms with Crippen LogP contribution in [0, 0.1) is 5.92 Å². The molecular formula is C18H27N3O2. The first-order valence-electron chi connectivity index (χ1n) is 8.62. The van der Waals surface area contributed by atoms with Crippen molar-refractivity contribution in [3.8, 4) is 0 Å². The van der Waals surface area contributed by atoms with E-state index in [4.69, 9.17) is 10.8 Å². The Morgan fingerprint density at radius 2 is 1.74 bits per heavy atom. The summed E-state index contributed by atoms with van der Waals surface area (Å²) in [6.45, 7) is 4.85. The number of hydrogen-bond donors (Lipinski definition) is 2. The topological polar surface area (TPSA) is 69.8 Å². The highest BCUT2D eigenvalue weighted by atomic mass is 16.4. The fraction of sp³-hybridized carbons (Fsp3) is 0.611.